The standard InChI is InChI=1S/C13H16ClN3O2S/c1-3-5-10(13(18)19-4-2)15-11-8(14)6-7-9-12(11)17-20-16-9/h6-7,10,15H,3-5H2,1-2H3. The summed E-state index contributed by atoms with van der Waals surface area (Å²) in [7, 11) is 0. The molecule has 0 radical (unpaired) electrons. The van der Waals surface area contributed by atoms with E-state index >= 15 is 0 Å². The predicted octanol–water partition coefficient (Wildman–Crippen LogP) is 3.49. The summed E-state index contributed by atoms with van der Waals surface area (Å²) >= 11 is 7.33. The van der Waals surface area contributed by atoms with E-state index in [0.717, 1.165) is 23.7 Å². The van der Waals surface area contributed by atoms with Gasteiger partial charge in [-0.1, -0.05) is 24.9 Å². The molecule has 2 rings (SSSR count). The summed E-state index contributed by atoms with van der Waals surface area (Å²) in [6.45, 7) is 4.16. The van der Waals surface area contributed by atoms with E-state index in [0.29, 0.717) is 29.3 Å². The zero-order valence-electron chi connectivity index (χ0n) is 11.4. The second-order valence-corrected chi connectivity index (χ2v) is 5.23. The van der Waals surface area contributed by atoms with Crippen molar-refractivity contribution in [3.63, 3.8) is 0 Å². The minimum absolute atomic E-state index is 0.273. The Bertz CT molecular complexity index is 602. The molecule has 0 fully saturated rings. The molecule has 0 amide bonds. The molecule has 0 aliphatic heterocycles. The maximum atomic E-state index is 12.0. The van der Waals surface area contributed by atoms with Crippen LogP contribution in [-0.2, 0) is 9.53 Å². The molecule has 1 heterocycles. The third-order valence-corrected chi connectivity index (χ3v) is 3.70. The van der Waals surface area contributed by atoms with E-state index in [4.69, 9.17) is 16.3 Å². The monoisotopic (exact) mass is 313 g/mol. The average Bonchev–Trinajstić information content (AvgIpc) is 2.89. The van der Waals surface area contributed by atoms with Crippen molar-refractivity contribution in [1.29, 1.82) is 0 Å². The molecule has 20 heavy (non-hydrogen) atoms. The molecule has 108 valence electrons. The van der Waals surface area contributed by atoms with Gasteiger partial charge < -0.3 is 10.1 Å². The molecule has 1 N–H and O–H groups in total. The van der Waals surface area contributed by atoms with E-state index < -0.39 is 6.04 Å². The van der Waals surface area contributed by atoms with Gasteiger partial charge in [-0.15, -0.1) is 0 Å². The highest BCUT2D eigenvalue weighted by molar-refractivity contribution is 7.00. The molecule has 1 aromatic carbocycles. The molecule has 0 saturated heterocycles. The summed E-state index contributed by atoms with van der Waals surface area (Å²) in [5, 5.41) is 3.68. The van der Waals surface area contributed by atoms with Crippen LogP contribution in [0.25, 0.3) is 11.0 Å². The Labute approximate surface area is 126 Å². The van der Waals surface area contributed by atoms with E-state index in [2.05, 4.69) is 14.1 Å². The first-order valence-electron chi connectivity index (χ1n) is 6.51. The number of anilines is 1. The Morgan fingerprint density at radius 3 is 2.95 bits per heavy atom. The maximum Gasteiger partial charge on any atom is 0.328 e. The molecule has 1 unspecified atom stereocenters. The van der Waals surface area contributed by atoms with Gasteiger partial charge in [0.2, 0.25) is 0 Å². The lowest BCUT2D eigenvalue weighted by Crippen LogP contribution is -2.31. The highest BCUT2D eigenvalue weighted by atomic mass is 35.5. The van der Waals surface area contributed by atoms with Crippen LogP contribution < -0.4 is 5.32 Å². The van der Waals surface area contributed by atoms with Crippen molar-refractivity contribution in [2.45, 2.75) is 32.7 Å². The quantitative estimate of drug-likeness (QED) is 0.827. The summed E-state index contributed by atoms with van der Waals surface area (Å²) in [5.74, 6) is -0.273. The van der Waals surface area contributed by atoms with Crippen LogP contribution in [-0.4, -0.2) is 27.4 Å². The van der Waals surface area contributed by atoms with E-state index in [1.807, 2.05) is 13.0 Å². The molecule has 0 saturated carbocycles. The summed E-state index contributed by atoms with van der Waals surface area (Å²) < 4.78 is 13.5. The van der Waals surface area contributed by atoms with Crippen molar-refractivity contribution in [2.75, 3.05) is 11.9 Å². The smallest absolute Gasteiger partial charge is 0.328 e. The molecule has 0 spiro atoms. The molecular formula is C13H16ClN3O2S. The number of rotatable bonds is 6. The third kappa shape index (κ3) is 3.19. The van der Waals surface area contributed by atoms with Crippen LogP contribution in [0.15, 0.2) is 12.1 Å². The lowest BCUT2D eigenvalue weighted by atomic mass is 10.1. The van der Waals surface area contributed by atoms with Gasteiger partial charge >= 0.3 is 5.97 Å². The SMILES string of the molecule is CCCC(Nc1c(Cl)ccc2nsnc12)C(=O)OCC. The molecule has 1 aromatic heterocycles. The number of carbonyl (C=O) groups excluding carboxylic acids is 1. The first-order valence-corrected chi connectivity index (χ1v) is 7.62. The lowest BCUT2D eigenvalue weighted by Gasteiger charge is -2.18. The van der Waals surface area contributed by atoms with Crippen LogP contribution in [0, 0.1) is 0 Å². The Hall–Kier alpha value is -1.40. The van der Waals surface area contributed by atoms with E-state index in [9.17, 15) is 4.79 Å². The van der Waals surface area contributed by atoms with Gasteiger partial charge in [0.15, 0.2) is 0 Å². The number of nitrogens with zero attached hydrogens (tertiary/aromatic N) is 2. The van der Waals surface area contributed by atoms with E-state index in [-0.39, 0.29) is 5.97 Å². The fourth-order valence-electron chi connectivity index (χ4n) is 1.92. The minimum atomic E-state index is -0.426. The number of benzene rings is 1. The number of esters is 1. The van der Waals surface area contributed by atoms with Crippen LogP contribution in [0.1, 0.15) is 26.7 Å². The minimum Gasteiger partial charge on any atom is -0.464 e. The normalized spacial score (nSPS) is 12.3. The van der Waals surface area contributed by atoms with E-state index in [1.165, 1.54) is 0 Å². The number of fused-ring (bicyclic) bond motifs is 1. The number of nitrogens with one attached hydrogen (secondary N) is 1. The Morgan fingerprint density at radius 1 is 1.45 bits per heavy atom. The van der Waals surface area contributed by atoms with Gasteiger partial charge in [-0.3, -0.25) is 0 Å². The molecule has 5 nitrogen and oxygen atoms in total. The van der Waals surface area contributed by atoms with Crippen molar-refractivity contribution < 1.29 is 9.53 Å². The summed E-state index contributed by atoms with van der Waals surface area (Å²) in [6.07, 6.45) is 1.53. The Kier molecular flexibility index (Phi) is 5.14. The maximum absolute atomic E-state index is 12.0. The van der Waals surface area contributed by atoms with Crippen LogP contribution >= 0.6 is 23.3 Å². The van der Waals surface area contributed by atoms with Gasteiger partial charge in [-0.05, 0) is 25.5 Å². The summed E-state index contributed by atoms with van der Waals surface area (Å²) in [4.78, 5) is 12.0. The molecule has 7 heteroatoms. The van der Waals surface area contributed by atoms with Gasteiger partial charge in [-0.25, -0.2) is 4.79 Å². The molecular weight excluding hydrogens is 298 g/mol. The molecule has 1 atom stereocenters. The van der Waals surface area contributed by atoms with Crippen LogP contribution in [0.3, 0.4) is 0 Å². The van der Waals surface area contributed by atoms with Gasteiger partial charge in [0.05, 0.1) is 29.0 Å². The number of ether oxygens (including phenoxy) is 1. The molecule has 0 aliphatic carbocycles. The van der Waals surface area contributed by atoms with Gasteiger partial charge in [0.25, 0.3) is 0 Å². The van der Waals surface area contributed by atoms with Gasteiger partial charge in [-0.2, -0.15) is 8.75 Å². The summed E-state index contributed by atoms with van der Waals surface area (Å²) in [5.41, 5.74) is 2.10. The largest absolute Gasteiger partial charge is 0.464 e. The topological polar surface area (TPSA) is 64.1 Å². The van der Waals surface area contributed by atoms with Crippen LogP contribution in [0.2, 0.25) is 5.02 Å². The second kappa shape index (κ2) is 6.85. The number of halogens is 1. The van der Waals surface area contributed by atoms with Gasteiger partial charge in [0.1, 0.15) is 17.1 Å². The van der Waals surface area contributed by atoms with Crippen LogP contribution in [0.5, 0.6) is 0 Å². The zero-order valence-corrected chi connectivity index (χ0v) is 12.9. The number of carbonyl (C=O) groups is 1. The number of aromatic nitrogens is 2. The highest BCUT2D eigenvalue weighted by Gasteiger charge is 2.21. The molecule has 2 aromatic rings. The van der Waals surface area contributed by atoms with Crippen molar-refractivity contribution in [2.24, 2.45) is 0 Å². The van der Waals surface area contributed by atoms with Crippen molar-refractivity contribution in [3.05, 3.63) is 17.2 Å². The fourth-order valence-corrected chi connectivity index (χ4v) is 2.67. The predicted molar refractivity (Wildman–Crippen MR) is 81.4 cm³/mol. The number of hydrogen-bond donors (Lipinski definition) is 1. The van der Waals surface area contributed by atoms with Crippen molar-refractivity contribution in [3.8, 4) is 0 Å². The first-order chi connectivity index (χ1) is 9.67. The number of hydrogen-bond acceptors (Lipinski definition) is 6. The Morgan fingerprint density at radius 2 is 2.25 bits per heavy atom. The van der Waals surface area contributed by atoms with Crippen LogP contribution in [0.4, 0.5) is 5.69 Å². The van der Waals surface area contributed by atoms with Crippen molar-refractivity contribution >= 4 is 46.0 Å². The van der Waals surface area contributed by atoms with Gasteiger partial charge in [0, 0.05) is 0 Å². The molecule has 0 bridgehead atoms. The molecule has 0 aliphatic rings. The second-order valence-electron chi connectivity index (χ2n) is 4.29. The first kappa shape index (κ1) is 15.0. The Balaban J connectivity index is 2.30. The third-order valence-electron chi connectivity index (χ3n) is 2.84. The van der Waals surface area contributed by atoms with Crippen molar-refractivity contribution in [1.82, 2.24) is 8.75 Å². The lowest BCUT2D eigenvalue weighted by molar-refractivity contribution is -0.144. The summed E-state index contributed by atoms with van der Waals surface area (Å²) in [6, 6.07) is 3.14. The average molecular weight is 314 g/mol. The zero-order chi connectivity index (χ0) is 14.5. The fraction of sp³-hybridized carbons (Fsp3) is 0.462. The van der Waals surface area contributed by atoms with E-state index in [1.54, 1.807) is 13.0 Å². The highest BCUT2D eigenvalue weighted by Crippen LogP contribution is 2.31.